The maximum absolute atomic E-state index is 11.8. The number of hydrogen-bond acceptors (Lipinski definition) is 7. The third-order valence-corrected chi connectivity index (χ3v) is 5.19. The van der Waals surface area contributed by atoms with Gasteiger partial charge < -0.3 is 25.4 Å². The summed E-state index contributed by atoms with van der Waals surface area (Å²) in [4.78, 5) is 22.9. The van der Waals surface area contributed by atoms with E-state index in [9.17, 15) is 9.90 Å². The van der Waals surface area contributed by atoms with Gasteiger partial charge in [-0.3, -0.25) is 4.79 Å². The number of ether oxygens (including phenoxy) is 1. The number of nitrogens with zero attached hydrogens (tertiary/aromatic N) is 3. The van der Waals surface area contributed by atoms with E-state index in [0.717, 1.165) is 44.1 Å². The molecule has 0 atom stereocenters. The van der Waals surface area contributed by atoms with E-state index in [1.165, 1.54) is 6.07 Å². The molecule has 1 amide bonds. The van der Waals surface area contributed by atoms with Gasteiger partial charge in [0.05, 0.1) is 18.9 Å². The molecule has 1 fully saturated rings. The van der Waals surface area contributed by atoms with Crippen LogP contribution in [0.3, 0.4) is 0 Å². The molecule has 0 unspecified atom stereocenters. The second-order valence-electron chi connectivity index (χ2n) is 7.57. The number of aromatic nitrogens is 2. The number of anilines is 4. The summed E-state index contributed by atoms with van der Waals surface area (Å²) >= 11 is 0. The van der Waals surface area contributed by atoms with Gasteiger partial charge in [0.1, 0.15) is 5.75 Å². The average Bonchev–Trinajstić information content (AvgIpc) is 2.81. The zero-order chi connectivity index (χ0) is 22.3. The van der Waals surface area contributed by atoms with Gasteiger partial charge in [-0.1, -0.05) is 6.92 Å². The molecule has 0 spiro atoms. The van der Waals surface area contributed by atoms with Crippen LogP contribution < -0.4 is 15.5 Å². The van der Waals surface area contributed by atoms with Gasteiger partial charge >= 0.3 is 0 Å². The SMILES string of the molecule is CCCC(=O)Nc1ccc(-c2ccnc(Nc3ccc(N4CCOCC4)cc3)n2)c(O)c1. The van der Waals surface area contributed by atoms with Gasteiger partial charge in [0.2, 0.25) is 11.9 Å². The van der Waals surface area contributed by atoms with E-state index in [0.29, 0.717) is 29.3 Å². The number of phenolic OH excluding ortho intramolecular Hbond substituents is 1. The van der Waals surface area contributed by atoms with Crippen LogP contribution in [0.5, 0.6) is 5.75 Å². The van der Waals surface area contributed by atoms with Gasteiger partial charge in [-0.15, -0.1) is 0 Å². The van der Waals surface area contributed by atoms with E-state index in [4.69, 9.17) is 4.74 Å². The molecular formula is C24H27N5O3. The third-order valence-electron chi connectivity index (χ3n) is 5.19. The molecule has 1 saturated heterocycles. The predicted octanol–water partition coefficient (Wildman–Crippen LogP) is 4.17. The minimum Gasteiger partial charge on any atom is -0.507 e. The van der Waals surface area contributed by atoms with Gasteiger partial charge in [0.25, 0.3) is 0 Å². The first-order chi connectivity index (χ1) is 15.6. The molecule has 2 aromatic carbocycles. The Morgan fingerprint density at radius 3 is 2.56 bits per heavy atom. The Morgan fingerprint density at radius 1 is 1.09 bits per heavy atom. The van der Waals surface area contributed by atoms with Crippen molar-refractivity contribution in [2.45, 2.75) is 19.8 Å². The van der Waals surface area contributed by atoms with Crippen LogP contribution in [-0.4, -0.2) is 47.3 Å². The summed E-state index contributed by atoms with van der Waals surface area (Å²) in [6.45, 7) is 5.23. The number of amides is 1. The van der Waals surface area contributed by atoms with Crippen LogP contribution in [0.1, 0.15) is 19.8 Å². The van der Waals surface area contributed by atoms with Crippen molar-refractivity contribution in [3.63, 3.8) is 0 Å². The van der Waals surface area contributed by atoms with E-state index < -0.39 is 0 Å². The van der Waals surface area contributed by atoms with Crippen molar-refractivity contribution in [3.8, 4) is 17.0 Å². The molecule has 3 N–H and O–H groups in total. The maximum Gasteiger partial charge on any atom is 0.227 e. The standard InChI is InChI=1S/C24H27N5O3/c1-2-3-23(31)26-18-6-9-20(22(30)16-18)21-10-11-25-24(28-21)27-17-4-7-19(8-5-17)29-12-14-32-15-13-29/h4-11,16,30H,2-3,12-15H2,1H3,(H,26,31)(H,25,27,28). The number of carbonyl (C=O) groups is 1. The minimum atomic E-state index is -0.0761. The lowest BCUT2D eigenvalue weighted by atomic mass is 10.1. The molecule has 32 heavy (non-hydrogen) atoms. The normalized spacial score (nSPS) is 13.6. The van der Waals surface area contributed by atoms with Crippen LogP contribution in [0.25, 0.3) is 11.3 Å². The molecule has 1 aromatic heterocycles. The largest absolute Gasteiger partial charge is 0.507 e. The number of nitrogens with one attached hydrogen (secondary N) is 2. The Balaban J connectivity index is 1.46. The molecule has 1 aliphatic heterocycles. The number of phenols is 1. The lowest BCUT2D eigenvalue weighted by Crippen LogP contribution is -2.36. The Hall–Kier alpha value is -3.65. The summed E-state index contributed by atoms with van der Waals surface area (Å²) < 4.78 is 5.41. The van der Waals surface area contributed by atoms with Crippen molar-refractivity contribution in [3.05, 3.63) is 54.7 Å². The molecule has 8 heteroatoms. The highest BCUT2D eigenvalue weighted by molar-refractivity contribution is 5.91. The topological polar surface area (TPSA) is 99.6 Å². The van der Waals surface area contributed by atoms with Gasteiger partial charge in [-0.2, -0.15) is 0 Å². The van der Waals surface area contributed by atoms with Crippen molar-refractivity contribution in [1.82, 2.24) is 9.97 Å². The number of morpholine rings is 1. The molecule has 2 heterocycles. The number of carbonyl (C=O) groups excluding carboxylic acids is 1. The summed E-state index contributed by atoms with van der Waals surface area (Å²) in [5.41, 5.74) is 3.72. The molecule has 8 nitrogen and oxygen atoms in total. The van der Waals surface area contributed by atoms with E-state index in [2.05, 4.69) is 37.6 Å². The van der Waals surface area contributed by atoms with E-state index >= 15 is 0 Å². The number of hydrogen-bond donors (Lipinski definition) is 3. The second-order valence-corrected chi connectivity index (χ2v) is 7.57. The van der Waals surface area contributed by atoms with Crippen LogP contribution in [-0.2, 0) is 9.53 Å². The molecular weight excluding hydrogens is 406 g/mol. The first kappa shape index (κ1) is 21.6. The lowest BCUT2D eigenvalue weighted by Gasteiger charge is -2.28. The zero-order valence-electron chi connectivity index (χ0n) is 18.0. The number of rotatable bonds is 7. The zero-order valence-corrected chi connectivity index (χ0v) is 18.0. The molecule has 0 saturated carbocycles. The highest BCUT2D eigenvalue weighted by Gasteiger charge is 2.12. The van der Waals surface area contributed by atoms with Crippen molar-refractivity contribution in [2.24, 2.45) is 0 Å². The predicted molar refractivity (Wildman–Crippen MR) is 125 cm³/mol. The molecule has 3 aromatic rings. The summed E-state index contributed by atoms with van der Waals surface area (Å²) in [6, 6.07) is 14.9. The van der Waals surface area contributed by atoms with Gasteiger partial charge in [-0.05, 0) is 48.9 Å². The molecule has 166 valence electrons. The summed E-state index contributed by atoms with van der Waals surface area (Å²) in [5.74, 6) is 0.396. The highest BCUT2D eigenvalue weighted by atomic mass is 16.5. The van der Waals surface area contributed by atoms with E-state index in [1.54, 1.807) is 24.4 Å². The number of benzene rings is 2. The molecule has 1 aliphatic rings. The molecule has 0 aliphatic carbocycles. The first-order valence-electron chi connectivity index (χ1n) is 10.8. The Labute approximate surface area is 187 Å². The van der Waals surface area contributed by atoms with E-state index in [-0.39, 0.29) is 11.7 Å². The quantitative estimate of drug-likeness (QED) is 0.514. The minimum absolute atomic E-state index is 0.0406. The van der Waals surface area contributed by atoms with Crippen molar-refractivity contribution >= 4 is 28.9 Å². The lowest BCUT2D eigenvalue weighted by molar-refractivity contribution is -0.116. The highest BCUT2D eigenvalue weighted by Crippen LogP contribution is 2.31. The Bertz CT molecular complexity index is 1070. The summed E-state index contributed by atoms with van der Waals surface area (Å²) in [5, 5.41) is 16.5. The maximum atomic E-state index is 11.8. The van der Waals surface area contributed by atoms with Crippen LogP contribution in [0.4, 0.5) is 23.0 Å². The van der Waals surface area contributed by atoms with Crippen LogP contribution >= 0.6 is 0 Å². The summed E-state index contributed by atoms with van der Waals surface area (Å²) in [7, 11) is 0. The average molecular weight is 434 g/mol. The monoisotopic (exact) mass is 433 g/mol. The Morgan fingerprint density at radius 2 is 1.84 bits per heavy atom. The third kappa shape index (κ3) is 5.33. The van der Waals surface area contributed by atoms with Crippen molar-refractivity contribution in [1.29, 1.82) is 0 Å². The molecule has 0 radical (unpaired) electrons. The fourth-order valence-electron chi connectivity index (χ4n) is 3.55. The van der Waals surface area contributed by atoms with Gasteiger partial charge in [-0.25, -0.2) is 9.97 Å². The van der Waals surface area contributed by atoms with E-state index in [1.807, 2.05) is 19.1 Å². The van der Waals surface area contributed by atoms with Gasteiger partial charge in [0.15, 0.2) is 0 Å². The van der Waals surface area contributed by atoms with Crippen LogP contribution in [0, 0.1) is 0 Å². The van der Waals surface area contributed by atoms with Crippen LogP contribution in [0.2, 0.25) is 0 Å². The fourth-order valence-corrected chi connectivity index (χ4v) is 3.55. The summed E-state index contributed by atoms with van der Waals surface area (Å²) in [6.07, 6.45) is 2.85. The Kier molecular flexibility index (Phi) is 6.81. The molecule has 4 rings (SSSR count). The van der Waals surface area contributed by atoms with Crippen LogP contribution in [0.15, 0.2) is 54.7 Å². The smallest absolute Gasteiger partial charge is 0.227 e. The molecule has 0 bridgehead atoms. The van der Waals surface area contributed by atoms with Crippen molar-refractivity contribution in [2.75, 3.05) is 41.8 Å². The second kappa shape index (κ2) is 10.1. The number of aromatic hydroxyl groups is 1. The first-order valence-corrected chi connectivity index (χ1v) is 10.8. The van der Waals surface area contributed by atoms with Gasteiger partial charge in [0, 0.05) is 54.4 Å². The van der Waals surface area contributed by atoms with Crippen molar-refractivity contribution < 1.29 is 14.6 Å². The fraction of sp³-hybridized carbons (Fsp3) is 0.292.